The van der Waals surface area contributed by atoms with E-state index in [4.69, 9.17) is 4.74 Å². The average molecular weight is 222 g/mol. The number of ether oxygens (including phenoxy) is 1. The molecular formula is C12H18N2O2. The van der Waals surface area contributed by atoms with Crippen molar-refractivity contribution in [2.24, 2.45) is 0 Å². The normalized spacial score (nSPS) is 11.8. The van der Waals surface area contributed by atoms with Crippen LogP contribution >= 0.6 is 0 Å². The van der Waals surface area contributed by atoms with Gasteiger partial charge in [-0.2, -0.15) is 0 Å². The van der Waals surface area contributed by atoms with Gasteiger partial charge in [-0.3, -0.25) is 0 Å². The zero-order chi connectivity index (χ0) is 12.1. The second-order valence-electron chi connectivity index (χ2n) is 3.84. The number of nitrogens with zero attached hydrogens (tertiary/aromatic N) is 1. The van der Waals surface area contributed by atoms with Gasteiger partial charge < -0.3 is 15.0 Å². The molecule has 2 amide bonds. The highest BCUT2D eigenvalue weighted by Crippen LogP contribution is 2.17. The van der Waals surface area contributed by atoms with Crippen LogP contribution in [0.2, 0.25) is 0 Å². The monoisotopic (exact) mass is 222 g/mol. The molecule has 1 rings (SSSR count). The highest BCUT2D eigenvalue weighted by molar-refractivity contribution is 5.74. The van der Waals surface area contributed by atoms with Gasteiger partial charge in [0, 0.05) is 14.1 Å². The highest BCUT2D eigenvalue weighted by atomic mass is 16.5. The van der Waals surface area contributed by atoms with Gasteiger partial charge in [0.2, 0.25) is 0 Å². The molecule has 1 N–H and O–H groups in total. The van der Waals surface area contributed by atoms with Crippen molar-refractivity contribution >= 4 is 6.03 Å². The molecule has 0 fully saturated rings. The van der Waals surface area contributed by atoms with Gasteiger partial charge in [-0.1, -0.05) is 12.1 Å². The largest absolute Gasteiger partial charge is 0.497 e. The van der Waals surface area contributed by atoms with Crippen LogP contribution in [0.4, 0.5) is 4.79 Å². The first-order valence-corrected chi connectivity index (χ1v) is 5.16. The molecule has 1 aromatic rings. The van der Waals surface area contributed by atoms with E-state index >= 15 is 0 Å². The molecule has 0 saturated carbocycles. The lowest BCUT2D eigenvalue weighted by molar-refractivity contribution is 0.214. The van der Waals surface area contributed by atoms with Gasteiger partial charge in [-0.05, 0) is 24.6 Å². The fourth-order valence-corrected chi connectivity index (χ4v) is 1.29. The first kappa shape index (κ1) is 12.4. The summed E-state index contributed by atoms with van der Waals surface area (Å²) < 4.78 is 5.07. The lowest BCUT2D eigenvalue weighted by atomic mass is 10.1. The lowest BCUT2D eigenvalue weighted by Gasteiger charge is -2.18. The van der Waals surface area contributed by atoms with Crippen molar-refractivity contribution in [2.75, 3.05) is 21.2 Å². The number of carbonyl (C=O) groups excluding carboxylic acids is 1. The molecular weight excluding hydrogens is 204 g/mol. The van der Waals surface area contributed by atoms with E-state index in [9.17, 15) is 4.79 Å². The quantitative estimate of drug-likeness (QED) is 0.850. The molecule has 1 unspecified atom stereocenters. The van der Waals surface area contributed by atoms with Crippen LogP contribution in [0.15, 0.2) is 24.3 Å². The van der Waals surface area contributed by atoms with Crippen molar-refractivity contribution in [2.45, 2.75) is 13.0 Å². The zero-order valence-corrected chi connectivity index (χ0v) is 10.2. The van der Waals surface area contributed by atoms with Crippen LogP contribution in [0, 0.1) is 0 Å². The van der Waals surface area contributed by atoms with Gasteiger partial charge >= 0.3 is 6.03 Å². The molecule has 0 aliphatic carbocycles. The second-order valence-corrected chi connectivity index (χ2v) is 3.84. The fraction of sp³-hybridized carbons (Fsp3) is 0.417. The van der Waals surface area contributed by atoms with E-state index in [2.05, 4.69) is 5.32 Å². The summed E-state index contributed by atoms with van der Waals surface area (Å²) in [4.78, 5) is 13.0. The first-order chi connectivity index (χ1) is 7.54. The number of hydrogen-bond donors (Lipinski definition) is 1. The summed E-state index contributed by atoms with van der Waals surface area (Å²) in [5.41, 5.74) is 1.05. The van der Waals surface area contributed by atoms with Crippen molar-refractivity contribution in [3.8, 4) is 5.75 Å². The Hall–Kier alpha value is -1.71. The Morgan fingerprint density at radius 3 is 2.31 bits per heavy atom. The van der Waals surface area contributed by atoms with E-state index in [1.54, 1.807) is 21.2 Å². The van der Waals surface area contributed by atoms with Crippen molar-refractivity contribution in [3.63, 3.8) is 0 Å². The Bertz CT molecular complexity index is 347. The lowest BCUT2D eigenvalue weighted by Crippen LogP contribution is -2.36. The minimum Gasteiger partial charge on any atom is -0.497 e. The Morgan fingerprint density at radius 1 is 1.31 bits per heavy atom. The molecule has 0 heterocycles. The summed E-state index contributed by atoms with van der Waals surface area (Å²) in [6.07, 6.45) is 0. The summed E-state index contributed by atoms with van der Waals surface area (Å²) >= 11 is 0. The summed E-state index contributed by atoms with van der Waals surface area (Å²) in [7, 11) is 5.07. The number of rotatable bonds is 3. The standard InChI is InChI=1S/C12H18N2O2/c1-9(13-12(15)14(2)3)10-5-7-11(16-4)8-6-10/h5-9H,1-4H3,(H,13,15). The second kappa shape index (κ2) is 5.39. The Balaban J connectivity index is 2.65. The predicted molar refractivity (Wildman–Crippen MR) is 63.6 cm³/mol. The predicted octanol–water partition coefficient (Wildman–Crippen LogP) is 2.03. The van der Waals surface area contributed by atoms with E-state index in [-0.39, 0.29) is 12.1 Å². The molecule has 0 aliphatic rings. The van der Waals surface area contributed by atoms with Crippen LogP contribution in [-0.4, -0.2) is 32.1 Å². The van der Waals surface area contributed by atoms with Gasteiger partial charge in [0.25, 0.3) is 0 Å². The van der Waals surface area contributed by atoms with E-state index < -0.39 is 0 Å². The number of nitrogens with one attached hydrogen (secondary N) is 1. The molecule has 0 radical (unpaired) electrons. The first-order valence-electron chi connectivity index (χ1n) is 5.16. The number of amides is 2. The Morgan fingerprint density at radius 2 is 1.88 bits per heavy atom. The third-order valence-electron chi connectivity index (χ3n) is 2.36. The summed E-state index contributed by atoms with van der Waals surface area (Å²) in [5, 5.41) is 2.88. The fourth-order valence-electron chi connectivity index (χ4n) is 1.29. The summed E-state index contributed by atoms with van der Waals surface area (Å²) in [6.45, 7) is 1.95. The number of carbonyl (C=O) groups is 1. The number of methoxy groups -OCH3 is 1. The van der Waals surface area contributed by atoms with E-state index in [1.807, 2.05) is 31.2 Å². The Kier molecular flexibility index (Phi) is 4.17. The Labute approximate surface area is 96.2 Å². The molecule has 16 heavy (non-hydrogen) atoms. The van der Waals surface area contributed by atoms with Crippen molar-refractivity contribution < 1.29 is 9.53 Å². The molecule has 4 heteroatoms. The van der Waals surface area contributed by atoms with Gasteiger partial charge in [-0.15, -0.1) is 0 Å². The molecule has 0 aliphatic heterocycles. The van der Waals surface area contributed by atoms with Crippen LogP contribution in [0.1, 0.15) is 18.5 Å². The molecule has 4 nitrogen and oxygen atoms in total. The number of hydrogen-bond acceptors (Lipinski definition) is 2. The number of benzene rings is 1. The van der Waals surface area contributed by atoms with Crippen LogP contribution in [0.25, 0.3) is 0 Å². The maximum absolute atomic E-state index is 11.4. The average Bonchev–Trinajstić information content (AvgIpc) is 2.28. The third kappa shape index (κ3) is 3.15. The molecule has 88 valence electrons. The summed E-state index contributed by atoms with van der Waals surface area (Å²) in [6, 6.07) is 7.55. The van der Waals surface area contributed by atoms with Crippen molar-refractivity contribution in [3.05, 3.63) is 29.8 Å². The van der Waals surface area contributed by atoms with Gasteiger partial charge in [0.05, 0.1) is 13.2 Å². The molecule has 0 saturated heterocycles. The van der Waals surface area contributed by atoms with E-state index in [1.165, 1.54) is 4.90 Å². The summed E-state index contributed by atoms with van der Waals surface area (Å²) in [5.74, 6) is 0.815. The van der Waals surface area contributed by atoms with Gasteiger partial charge in [0.1, 0.15) is 5.75 Å². The SMILES string of the molecule is COc1ccc(C(C)NC(=O)N(C)C)cc1. The zero-order valence-electron chi connectivity index (χ0n) is 10.2. The third-order valence-corrected chi connectivity index (χ3v) is 2.36. The smallest absolute Gasteiger partial charge is 0.317 e. The molecule has 0 aromatic heterocycles. The highest BCUT2D eigenvalue weighted by Gasteiger charge is 2.10. The van der Waals surface area contributed by atoms with Gasteiger partial charge in [-0.25, -0.2) is 4.79 Å². The van der Waals surface area contributed by atoms with Crippen LogP contribution < -0.4 is 10.1 Å². The molecule has 1 aromatic carbocycles. The van der Waals surface area contributed by atoms with Crippen LogP contribution in [0.3, 0.4) is 0 Å². The van der Waals surface area contributed by atoms with Crippen LogP contribution in [0.5, 0.6) is 5.75 Å². The minimum absolute atomic E-state index is 0.0131. The molecule has 1 atom stereocenters. The van der Waals surface area contributed by atoms with E-state index in [0.717, 1.165) is 11.3 Å². The maximum Gasteiger partial charge on any atom is 0.317 e. The van der Waals surface area contributed by atoms with Gasteiger partial charge in [0.15, 0.2) is 0 Å². The molecule has 0 bridgehead atoms. The van der Waals surface area contributed by atoms with Crippen molar-refractivity contribution in [1.82, 2.24) is 10.2 Å². The number of urea groups is 1. The topological polar surface area (TPSA) is 41.6 Å². The van der Waals surface area contributed by atoms with Crippen LogP contribution in [-0.2, 0) is 0 Å². The van der Waals surface area contributed by atoms with Crippen molar-refractivity contribution in [1.29, 1.82) is 0 Å². The maximum atomic E-state index is 11.4. The minimum atomic E-state index is -0.0941. The van der Waals surface area contributed by atoms with E-state index in [0.29, 0.717) is 0 Å². The molecule has 0 spiro atoms.